The molecule has 0 saturated carbocycles. The van der Waals surface area contributed by atoms with Crippen molar-refractivity contribution in [1.82, 2.24) is 9.78 Å². The van der Waals surface area contributed by atoms with Gasteiger partial charge in [0.2, 0.25) is 5.91 Å². The summed E-state index contributed by atoms with van der Waals surface area (Å²) < 4.78 is 6.66. The molecule has 10 nitrogen and oxygen atoms in total. The van der Waals surface area contributed by atoms with Crippen LogP contribution in [0.2, 0.25) is 0 Å². The predicted molar refractivity (Wildman–Crippen MR) is 128 cm³/mol. The lowest BCUT2D eigenvalue weighted by atomic mass is 10.0. The highest BCUT2D eigenvalue weighted by Gasteiger charge is 2.35. The van der Waals surface area contributed by atoms with Crippen molar-refractivity contribution in [2.45, 2.75) is 25.7 Å². The first-order valence-corrected chi connectivity index (χ1v) is 11.4. The first-order valence-electron chi connectivity index (χ1n) is 11.4. The van der Waals surface area contributed by atoms with Gasteiger partial charge in [-0.2, -0.15) is 11.0 Å². The lowest BCUT2D eigenvalue weighted by Gasteiger charge is -2.29. The highest BCUT2D eigenvalue weighted by atomic mass is 16.7. The lowest BCUT2D eigenvalue weighted by molar-refractivity contribution is -0.119. The highest BCUT2D eigenvalue weighted by Crippen LogP contribution is 2.31. The molecule has 2 aliphatic rings. The number of carbonyl (C=O) groups is 3. The number of ether oxygens (including phenoxy) is 1. The van der Waals surface area contributed by atoms with Crippen LogP contribution < -0.4 is 20.4 Å². The number of fused-ring (bicyclic) bond motifs is 1. The second kappa shape index (κ2) is 9.22. The quantitative estimate of drug-likeness (QED) is 0.563. The summed E-state index contributed by atoms with van der Waals surface area (Å²) in [4.78, 5) is 46.1. The van der Waals surface area contributed by atoms with Crippen LogP contribution in [0, 0.1) is 0 Å². The van der Waals surface area contributed by atoms with E-state index in [9.17, 15) is 14.4 Å². The number of benzene rings is 2. The van der Waals surface area contributed by atoms with Gasteiger partial charge < -0.3 is 19.4 Å². The molecule has 2 N–H and O–H groups in total. The van der Waals surface area contributed by atoms with Crippen LogP contribution in [-0.4, -0.2) is 47.8 Å². The van der Waals surface area contributed by atoms with Crippen molar-refractivity contribution in [3.05, 3.63) is 65.5 Å². The van der Waals surface area contributed by atoms with E-state index in [2.05, 4.69) is 9.94 Å². The normalized spacial score (nSPS) is 15.7. The van der Waals surface area contributed by atoms with Crippen LogP contribution in [0.1, 0.15) is 45.8 Å². The average Bonchev–Trinajstić information content (AvgIpc) is 3.29. The number of methoxy groups -OCH3 is 1. The Balaban J connectivity index is 1.50. The van der Waals surface area contributed by atoms with Crippen molar-refractivity contribution < 1.29 is 24.0 Å². The Bertz CT molecular complexity index is 1280. The third kappa shape index (κ3) is 4.01. The molecular weight excluding hydrogens is 450 g/mol. The fourth-order valence-electron chi connectivity index (χ4n) is 4.63. The van der Waals surface area contributed by atoms with Gasteiger partial charge in [0.25, 0.3) is 5.91 Å². The van der Waals surface area contributed by atoms with Gasteiger partial charge in [0.1, 0.15) is 11.4 Å². The van der Waals surface area contributed by atoms with Gasteiger partial charge in [0.05, 0.1) is 12.8 Å². The van der Waals surface area contributed by atoms with Crippen molar-refractivity contribution >= 4 is 29.2 Å². The first kappa shape index (κ1) is 22.6. The van der Waals surface area contributed by atoms with Gasteiger partial charge in [0.15, 0.2) is 5.69 Å². The maximum absolute atomic E-state index is 13.7. The number of hydrogen-bond acceptors (Lipinski definition) is 7. The number of nitrogens with two attached hydrogens (primary N) is 1. The monoisotopic (exact) mass is 475 g/mol. The van der Waals surface area contributed by atoms with Crippen LogP contribution in [0.3, 0.4) is 0 Å². The molecule has 0 aliphatic carbocycles. The Morgan fingerprint density at radius 1 is 0.886 bits per heavy atom. The topological polar surface area (TPSA) is 120 Å². The van der Waals surface area contributed by atoms with E-state index in [1.165, 1.54) is 4.68 Å². The summed E-state index contributed by atoms with van der Waals surface area (Å²) in [6, 6.07) is 14.4. The minimum Gasteiger partial charge on any atom is -0.497 e. The molecule has 0 spiro atoms. The van der Waals surface area contributed by atoms with E-state index >= 15 is 0 Å². The molecule has 3 heterocycles. The van der Waals surface area contributed by atoms with Gasteiger partial charge in [-0.05, 0) is 67.8 Å². The molecule has 2 aliphatic heterocycles. The van der Waals surface area contributed by atoms with Crippen molar-refractivity contribution in [2.75, 3.05) is 30.0 Å². The van der Waals surface area contributed by atoms with E-state index in [0.717, 1.165) is 18.5 Å². The fraction of sp³-hybridized carbons (Fsp3) is 0.280. The van der Waals surface area contributed by atoms with Crippen LogP contribution >= 0.6 is 0 Å². The number of carbonyl (C=O) groups excluding carboxylic acids is 3. The molecule has 5 rings (SSSR count). The van der Waals surface area contributed by atoms with Crippen LogP contribution in [0.25, 0.3) is 5.69 Å². The minimum absolute atomic E-state index is 0.0188. The number of piperidine rings is 1. The summed E-state index contributed by atoms with van der Waals surface area (Å²) in [6.07, 6.45) is 2.84. The third-order valence-electron chi connectivity index (χ3n) is 6.43. The zero-order valence-corrected chi connectivity index (χ0v) is 19.3. The standard InChI is InChI=1S/C25H25N5O5/c1-34-19-11-9-18(10-12-19)30-23-20(22(27-30)25(33)35-26)13-15-29(24(23)32)17-7-5-16(6-8-17)28-14-3-2-4-21(28)31/h5-12H,2-4,13-15,26H2,1H3. The Morgan fingerprint density at radius 3 is 2.17 bits per heavy atom. The maximum atomic E-state index is 13.7. The lowest BCUT2D eigenvalue weighted by Crippen LogP contribution is -2.39. The summed E-state index contributed by atoms with van der Waals surface area (Å²) in [6.45, 7) is 1.05. The van der Waals surface area contributed by atoms with Gasteiger partial charge in [0, 0.05) is 36.4 Å². The largest absolute Gasteiger partial charge is 0.497 e. The molecule has 0 radical (unpaired) electrons. The highest BCUT2D eigenvalue weighted by molar-refractivity contribution is 6.09. The molecule has 1 fully saturated rings. The van der Waals surface area contributed by atoms with Gasteiger partial charge in [-0.25, -0.2) is 9.48 Å². The van der Waals surface area contributed by atoms with E-state index in [0.29, 0.717) is 48.6 Å². The zero-order valence-electron chi connectivity index (χ0n) is 19.3. The first-order chi connectivity index (χ1) is 17.0. The molecule has 35 heavy (non-hydrogen) atoms. The third-order valence-corrected chi connectivity index (χ3v) is 6.43. The van der Waals surface area contributed by atoms with E-state index in [-0.39, 0.29) is 23.2 Å². The van der Waals surface area contributed by atoms with Gasteiger partial charge in [-0.1, -0.05) is 0 Å². The molecule has 2 amide bonds. The number of amides is 2. The van der Waals surface area contributed by atoms with Gasteiger partial charge >= 0.3 is 5.97 Å². The molecule has 3 aromatic rings. The summed E-state index contributed by atoms with van der Waals surface area (Å²) in [5.41, 5.74) is 2.89. The SMILES string of the molecule is COc1ccc(-n2nc(C(=O)ON)c3c2C(=O)N(c2ccc(N4CCCCC4=O)cc2)CC3)cc1. The maximum Gasteiger partial charge on any atom is 0.377 e. The fourth-order valence-corrected chi connectivity index (χ4v) is 4.63. The Labute approximate surface area is 201 Å². The Morgan fingerprint density at radius 2 is 1.54 bits per heavy atom. The molecule has 0 bridgehead atoms. The van der Waals surface area contributed by atoms with Crippen molar-refractivity contribution in [2.24, 2.45) is 5.90 Å². The van der Waals surface area contributed by atoms with E-state index < -0.39 is 5.97 Å². The van der Waals surface area contributed by atoms with E-state index in [1.807, 2.05) is 24.3 Å². The second-order valence-electron chi connectivity index (χ2n) is 8.42. The molecule has 2 aromatic carbocycles. The summed E-state index contributed by atoms with van der Waals surface area (Å²) in [5.74, 6) is 4.79. The van der Waals surface area contributed by atoms with E-state index in [4.69, 9.17) is 10.6 Å². The van der Waals surface area contributed by atoms with Crippen LogP contribution in [0.5, 0.6) is 5.75 Å². The average molecular weight is 476 g/mol. The molecule has 0 unspecified atom stereocenters. The van der Waals surface area contributed by atoms with Crippen molar-refractivity contribution in [1.29, 1.82) is 0 Å². The second-order valence-corrected chi connectivity index (χ2v) is 8.42. The zero-order chi connectivity index (χ0) is 24.5. The predicted octanol–water partition coefficient (Wildman–Crippen LogP) is 2.63. The van der Waals surface area contributed by atoms with E-state index in [1.54, 1.807) is 41.2 Å². The number of anilines is 2. The minimum atomic E-state index is -0.801. The number of hydrogen-bond donors (Lipinski definition) is 1. The summed E-state index contributed by atoms with van der Waals surface area (Å²) >= 11 is 0. The molecule has 180 valence electrons. The number of aromatic nitrogens is 2. The van der Waals surface area contributed by atoms with Crippen LogP contribution in [0.4, 0.5) is 11.4 Å². The van der Waals surface area contributed by atoms with Gasteiger partial charge in [-0.15, -0.1) is 0 Å². The van der Waals surface area contributed by atoms with Crippen molar-refractivity contribution in [3.8, 4) is 11.4 Å². The summed E-state index contributed by atoms with van der Waals surface area (Å²) in [5, 5.41) is 4.38. The van der Waals surface area contributed by atoms with Crippen LogP contribution in [-0.2, 0) is 16.1 Å². The molecule has 0 atom stereocenters. The Hall–Kier alpha value is -4.18. The van der Waals surface area contributed by atoms with Crippen LogP contribution in [0.15, 0.2) is 48.5 Å². The molecular formula is C25H25N5O5. The molecule has 1 saturated heterocycles. The smallest absolute Gasteiger partial charge is 0.377 e. The van der Waals surface area contributed by atoms with Gasteiger partial charge in [-0.3, -0.25) is 9.59 Å². The van der Waals surface area contributed by atoms with Crippen molar-refractivity contribution in [3.63, 3.8) is 0 Å². The Kier molecular flexibility index (Phi) is 5.96. The molecule has 1 aromatic heterocycles. The number of rotatable bonds is 5. The summed E-state index contributed by atoms with van der Waals surface area (Å²) in [7, 11) is 1.56. The molecule has 10 heteroatoms. The number of nitrogens with zero attached hydrogens (tertiary/aromatic N) is 4.